The number of carbonyl (C=O) groups excluding carboxylic acids is 2. The average Bonchev–Trinajstić information content (AvgIpc) is 3.02. The molecule has 0 aromatic carbocycles. The SMILES string of the molecule is Cc1nc(C(=O)N[C@H]2CC[C@H](C(=O)N3CCC(F)(F)CC3)C[C@@H]2O)cs1. The summed E-state index contributed by atoms with van der Waals surface area (Å²) in [4.78, 5) is 30.3. The molecule has 1 aliphatic heterocycles. The fourth-order valence-corrected chi connectivity index (χ4v) is 4.15. The molecular weight excluding hydrogens is 364 g/mol. The van der Waals surface area contributed by atoms with E-state index in [2.05, 4.69) is 10.3 Å². The monoisotopic (exact) mass is 387 g/mol. The van der Waals surface area contributed by atoms with Crippen LogP contribution < -0.4 is 5.32 Å². The number of aliphatic hydroxyl groups excluding tert-OH is 1. The fraction of sp³-hybridized carbons (Fsp3) is 0.706. The first-order valence-corrected chi connectivity index (χ1v) is 9.71. The Hall–Kier alpha value is -1.61. The van der Waals surface area contributed by atoms with E-state index in [0.717, 1.165) is 5.01 Å². The molecule has 3 atom stereocenters. The Balaban J connectivity index is 1.51. The molecule has 0 spiro atoms. The van der Waals surface area contributed by atoms with Crippen LogP contribution in [0.4, 0.5) is 8.78 Å². The Morgan fingerprint density at radius 2 is 2.04 bits per heavy atom. The first kappa shape index (κ1) is 19.2. The van der Waals surface area contributed by atoms with Crippen molar-refractivity contribution in [1.82, 2.24) is 15.2 Å². The maximum Gasteiger partial charge on any atom is 0.271 e. The summed E-state index contributed by atoms with van der Waals surface area (Å²) in [7, 11) is 0. The molecule has 0 radical (unpaired) electrons. The molecule has 9 heteroatoms. The summed E-state index contributed by atoms with van der Waals surface area (Å²) in [6.45, 7) is 1.92. The fourth-order valence-electron chi connectivity index (χ4n) is 3.56. The highest BCUT2D eigenvalue weighted by Crippen LogP contribution is 2.31. The molecule has 0 unspecified atom stereocenters. The molecule has 2 amide bonds. The van der Waals surface area contributed by atoms with Crippen LogP contribution >= 0.6 is 11.3 Å². The van der Waals surface area contributed by atoms with Gasteiger partial charge in [0.1, 0.15) is 5.69 Å². The van der Waals surface area contributed by atoms with Crippen molar-refractivity contribution in [2.45, 2.75) is 57.1 Å². The quantitative estimate of drug-likeness (QED) is 0.831. The third kappa shape index (κ3) is 4.37. The number of halogens is 2. The Morgan fingerprint density at radius 1 is 1.35 bits per heavy atom. The minimum Gasteiger partial charge on any atom is -0.391 e. The van der Waals surface area contributed by atoms with E-state index in [0.29, 0.717) is 18.5 Å². The largest absolute Gasteiger partial charge is 0.391 e. The maximum atomic E-state index is 13.2. The van der Waals surface area contributed by atoms with Gasteiger partial charge in [0.05, 0.1) is 17.2 Å². The molecular formula is C17H23F2N3O3S. The summed E-state index contributed by atoms with van der Waals surface area (Å²) >= 11 is 1.38. The first-order chi connectivity index (χ1) is 12.2. The predicted octanol–water partition coefficient (Wildman–Crippen LogP) is 1.97. The second kappa shape index (κ2) is 7.56. The summed E-state index contributed by atoms with van der Waals surface area (Å²) in [5.41, 5.74) is 0.326. The lowest BCUT2D eigenvalue weighted by Gasteiger charge is -2.38. The van der Waals surface area contributed by atoms with Crippen LogP contribution in [0.1, 0.15) is 47.6 Å². The van der Waals surface area contributed by atoms with Gasteiger partial charge in [0.2, 0.25) is 5.91 Å². The van der Waals surface area contributed by atoms with Crippen molar-refractivity contribution in [3.05, 3.63) is 16.1 Å². The van der Waals surface area contributed by atoms with E-state index in [-0.39, 0.29) is 50.1 Å². The van der Waals surface area contributed by atoms with Gasteiger partial charge in [-0.05, 0) is 26.2 Å². The number of hydrogen-bond acceptors (Lipinski definition) is 5. The van der Waals surface area contributed by atoms with Crippen molar-refractivity contribution in [1.29, 1.82) is 0 Å². The second-order valence-electron chi connectivity index (χ2n) is 7.09. The third-order valence-electron chi connectivity index (χ3n) is 5.14. The van der Waals surface area contributed by atoms with Crippen molar-refractivity contribution in [3.63, 3.8) is 0 Å². The molecule has 2 heterocycles. The molecule has 2 fully saturated rings. The van der Waals surface area contributed by atoms with Crippen LogP contribution in [0.5, 0.6) is 0 Å². The Kier molecular flexibility index (Phi) is 5.57. The standard InChI is InChI=1S/C17H23F2N3O3S/c1-10-20-13(9-26-10)15(24)21-12-3-2-11(8-14(12)23)16(25)22-6-4-17(18,19)5-7-22/h9,11-12,14,23H,2-8H2,1H3,(H,21,24)/t11-,12-,14-/m0/s1. The number of amides is 2. The number of aromatic nitrogens is 1. The van der Waals surface area contributed by atoms with Gasteiger partial charge >= 0.3 is 0 Å². The lowest BCUT2D eigenvalue weighted by Crippen LogP contribution is -2.51. The number of rotatable bonds is 3. The van der Waals surface area contributed by atoms with Gasteiger partial charge < -0.3 is 15.3 Å². The Bertz CT molecular complexity index is 672. The van der Waals surface area contributed by atoms with Crippen LogP contribution in [-0.2, 0) is 4.79 Å². The number of nitrogens with one attached hydrogen (secondary N) is 1. The zero-order valence-corrected chi connectivity index (χ0v) is 15.4. The summed E-state index contributed by atoms with van der Waals surface area (Å²) in [5.74, 6) is -3.57. The minimum absolute atomic E-state index is 0.0573. The van der Waals surface area contributed by atoms with Gasteiger partial charge in [-0.2, -0.15) is 0 Å². The van der Waals surface area contributed by atoms with E-state index in [1.807, 2.05) is 6.92 Å². The van der Waals surface area contributed by atoms with Crippen LogP contribution in [0.25, 0.3) is 0 Å². The molecule has 3 rings (SSSR count). The molecule has 26 heavy (non-hydrogen) atoms. The van der Waals surface area contributed by atoms with Gasteiger partial charge in [-0.15, -0.1) is 11.3 Å². The van der Waals surface area contributed by atoms with Crippen LogP contribution in [0.3, 0.4) is 0 Å². The van der Waals surface area contributed by atoms with Gasteiger partial charge in [-0.25, -0.2) is 13.8 Å². The van der Waals surface area contributed by atoms with Gasteiger partial charge in [-0.1, -0.05) is 0 Å². The van der Waals surface area contributed by atoms with Crippen molar-refractivity contribution in [2.75, 3.05) is 13.1 Å². The van der Waals surface area contributed by atoms with Gasteiger partial charge in [0, 0.05) is 37.2 Å². The topological polar surface area (TPSA) is 82.5 Å². The number of thiazole rings is 1. The van der Waals surface area contributed by atoms with Crippen LogP contribution in [0, 0.1) is 12.8 Å². The number of alkyl halides is 2. The summed E-state index contributed by atoms with van der Waals surface area (Å²) in [6, 6.07) is -0.431. The zero-order chi connectivity index (χ0) is 18.9. The first-order valence-electron chi connectivity index (χ1n) is 8.83. The highest BCUT2D eigenvalue weighted by atomic mass is 32.1. The van der Waals surface area contributed by atoms with Gasteiger partial charge in [0.15, 0.2) is 0 Å². The number of hydrogen-bond donors (Lipinski definition) is 2. The van der Waals surface area contributed by atoms with E-state index in [9.17, 15) is 23.5 Å². The van der Waals surface area contributed by atoms with E-state index in [1.54, 1.807) is 5.38 Å². The molecule has 6 nitrogen and oxygen atoms in total. The van der Waals surface area contributed by atoms with Crippen molar-refractivity contribution >= 4 is 23.2 Å². The van der Waals surface area contributed by atoms with E-state index < -0.39 is 18.1 Å². The highest BCUT2D eigenvalue weighted by Gasteiger charge is 2.40. The van der Waals surface area contributed by atoms with E-state index in [4.69, 9.17) is 0 Å². The third-order valence-corrected chi connectivity index (χ3v) is 5.91. The zero-order valence-electron chi connectivity index (χ0n) is 14.6. The number of aliphatic hydroxyl groups is 1. The lowest BCUT2D eigenvalue weighted by molar-refractivity contribution is -0.144. The van der Waals surface area contributed by atoms with Crippen LogP contribution in [-0.4, -0.2) is 58.0 Å². The van der Waals surface area contributed by atoms with E-state index >= 15 is 0 Å². The molecule has 1 aliphatic carbocycles. The highest BCUT2D eigenvalue weighted by molar-refractivity contribution is 7.09. The molecule has 1 aromatic rings. The number of aryl methyl sites for hydroxylation is 1. The lowest BCUT2D eigenvalue weighted by atomic mass is 9.82. The van der Waals surface area contributed by atoms with Crippen molar-refractivity contribution in [3.8, 4) is 0 Å². The number of piperidine rings is 1. The second-order valence-corrected chi connectivity index (χ2v) is 8.15. The minimum atomic E-state index is -2.69. The number of carbonyl (C=O) groups is 2. The molecule has 1 saturated heterocycles. The normalized spacial score (nSPS) is 28.6. The Morgan fingerprint density at radius 3 is 2.62 bits per heavy atom. The molecule has 144 valence electrons. The van der Waals surface area contributed by atoms with Crippen LogP contribution in [0.2, 0.25) is 0 Å². The number of nitrogens with zero attached hydrogens (tertiary/aromatic N) is 2. The molecule has 1 aromatic heterocycles. The number of likely N-dealkylation sites (tertiary alicyclic amines) is 1. The Labute approximate surface area is 154 Å². The van der Waals surface area contributed by atoms with E-state index in [1.165, 1.54) is 16.2 Å². The maximum absolute atomic E-state index is 13.2. The predicted molar refractivity (Wildman–Crippen MR) is 92.2 cm³/mol. The van der Waals surface area contributed by atoms with Gasteiger partial charge in [-0.3, -0.25) is 9.59 Å². The summed E-state index contributed by atoms with van der Waals surface area (Å²) in [5, 5.41) is 15.6. The van der Waals surface area contributed by atoms with Gasteiger partial charge in [0.25, 0.3) is 11.8 Å². The average molecular weight is 387 g/mol. The molecule has 2 N–H and O–H groups in total. The smallest absolute Gasteiger partial charge is 0.271 e. The molecule has 0 bridgehead atoms. The van der Waals surface area contributed by atoms with Crippen molar-refractivity contribution in [2.24, 2.45) is 5.92 Å². The summed E-state index contributed by atoms with van der Waals surface area (Å²) < 4.78 is 26.5. The summed E-state index contributed by atoms with van der Waals surface area (Å²) in [6.07, 6.45) is -0.236. The molecule has 2 aliphatic rings. The van der Waals surface area contributed by atoms with Crippen molar-refractivity contribution < 1.29 is 23.5 Å². The molecule has 1 saturated carbocycles. The van der Waals surface area contributed by atoms with Crippen LogP contribution in [0.15, 0.2) is 5.38 Å².